The molecule has 138 valence electrons. The summed E-state index contributed by atoms with van der Waals surface area (Å²) in [4.78, 5) is 13.7. The predicted molar refractivity (Wildman–Crippen MR) is 100 cm³/mol. The first kappa shape index (κ1) is 18.7. The average molecular weight is 395 g/mol. The summed E-state index contributed by atoms with van der Waals surface area (Å²) in [6, 6.07) is 13.6. The van der Waals surface area contributed by atoms with E-state index in [1.165, 1.54) is 4.90 Å². The highest BCUT2D eigenvalue weighted by atomic mass is 35.5. The summed E-state index contributed by atoms with van der Waals surface area (Å²) < 4.78 is 32.5. The number of anilines is 1. The van der Waals surface area contributed by atoms with E-state index in [1.54, 1.807) is 48.5 Å². The van der Waals surface area contributed by atoms with E-state index in [0.29, 0.717) is 10.7 Å². The number of cyclic esters (lactones) is 1. The van der Waals surface area contributed by atoms with Crippen molar-refractivity contribution in [2.75, 3.05) is 18.0 Å². The largest absolute Gasteiger partial charge is 0.443 e. The van der Waals surface area contributed by atoms with Crippen LogP contribution in [-0.2, 0) is 21.2 Å². The van der Waals surface area contributed by atoms with Crippen LogP contribution in [0.3, 0.4) is 0 Å². The van der Waals surface area contributed by atoms with Crippen molar-refractivity contribution in [2.45, 2.75) is 24.3 Å². The number of aryl methyl sites for hydroxylation is 1. The van der Waals surface area contributed by atoms with E-state index < -0.39 is 22.2 Å². The van der Waals surface area contributed by atoms with Gasteiger partial charge in [-0.2, -0.15) is 0 Å². The van der Waals surface area contributed by atoms with Crippen LogP contribution in [0.15, 0.2) is 53.4 Å². The van der Waals surface area contributed by atoms with Crippen molar-refractivity contribution in [3.05, 3.63) is 59.1 Å². The number of nitrogens with zero attached hydrogens (tertiary/aromatic N) is 1. The number of amides is 1. The molecule has 1 amide bonds. The number of sulfonamides is 1. The van der Waals surface area contributed by atoms with Crippen molar-refractivity contribution >= 4 is 33.4 Å². The molecule has 0 aromatic heterocycles. The van der Waals surface area contributed by atoms with Crippen LogP contribution in [-0.4, -0.2) is 33.7 Å². The van der Waals surface area contributed by atoms with Gasteiger partial charge in [0, 0.05) is 17.3 Å². The predicted octanol–water partition coefficient (Wildman–Crippen LogP) is 3.21. The zero-order valence-corrected chi connectivity index (χ0v) is 15.8. The Morgan fingerprint density at radius 2 is 1.96 bits per heavy atom. The fourth-order valence-corrected chi connectivity index (χ4v) is 3.92. The zero-order chi connectivity index (χ0) is 18.7. The summed E-state index contributed by atoms with van der Waals surface area (Å²) in [5.41, 5.74) is 1.67. The third kappa shape index (κ3) is 4.17. The molecule has 2 aromatic carbocycles. The highest BCUT2D eigenvalue weighted by Crippen LogP contribution is 2.24. The lowest BCUT2D eigenvalue weighted by molar-refractivity contribution is 0.143. The number of carbonyl (C=O) groups is 1. The van der Waals surface area contributed by atoms with E-state index in [4.69, 9.17) is 16.3 Å². The molecule has 2 aromatic rings. The first-order valence-corrected chi connectivity index (χ1v) is 10.1. The van der Waals surface area contributed by atoms with Gasteiger partial charge >= 0.3 is 6.09 Å². The molecule has 1 unspecified atom stereocenters. The molecular weight excluding hydrogens is 376 g/mol. The fraction of sp³-hybridized carbons (Fsp3) is 0.278. The molecular formula is C18H19ClN2O4S. The van der Waals surface area contributed by atoms with Crippen LogP contribution in [0.4, 0.5) is 10.5 Å². The molecule has 3 rings (SSSR count). The quantitative estimate of drug-likeness (QED) is 0.816. The van der Waals surface area contributed by atoms with E-state index in [0.717, 1.165) is 12.0 Å². The van der Waals surface area contributed by atoms with E-state index in [9.17, 15) is 13.2 Å². The van der Waals surface area contributed by atoms with Crippen molar-refractivity contribution in [3.8, 4) is 0 Å². The SMILES string of the molecule is CCc1ccc(S(=O)(=O)NCC2CN(c3cccc(Cl)c3)C(=O)O2)cc1. The van der Waals surface area contributed by atoms with Gasteiger partial charge in [-0.25, -0.2) is 17.9 Å². The Morgan fingerprint density at radius 3 is 2.62 bits per heavy atom. The Kier molecular flexibility index (Phi) is 5.50. The van der Waals surface area contributed by atoms with Crippen LogP contribution in [0, 0.1) is 0 Å². The number of halogens is 1. The van der Waals surface area contributed by atoms with Crippen LogP contribution >= 0.6 is 11.6 Å². The third-order valence-corrected chi connectivity index (χ3v) is 5.81. The van der Waals surface area contributed by atoms with Crippen molar-refractivity contribution in [1.29, 1.82) is 0 Å². The van der Waals surface area contributed by atoms with Gasteiger partial charge in [0.2, 0.25) is 10.0 Å². The molecule has 1 saturated heterocycles. The van der Waals surface area contributed by atoms with Crippen molar-refractivity contribution in [2.24, 2.45) is 0 Å². The lowest BCUT2D eigenvalue weighted by Crippen LogP contribution is -2.34. The Hall–Kier alpha value is -2.09. The molecule has 0 saturated carbocycles. The van der Waals surface area contributed by atoms with E-state index >= 15 is 0 Å². The fourth-order valence-electron chi connectivity index (χ4n) is 2.67. The minimum Gasteiger partial charge on any atom is -0.443 e. The second-order valence-electron chi connectivity index (χ2n) is 5.95. The molecule has 1 N–H and O–H groups in total. The maximum Gasteiger partial charge on any atom is 0.414 e. The highest BCUT2D eigenvalue weighted by Gasteiger charge is 2.33. The number of carbonyl (C=O) groups excluding carboxylic acids is 1. The van der Waals surface area contributed by atoms with Crippen LogP contribution in [0.2, 0.25) is 5.02 Å². The van der Waals surface area contributed by atoms with Gasteiger partial charge in [0.25, 0.3) is 0 Å². The van der Waals surface area contributed by atoms with E-state index in [-0.39, 0.29) is 18.0 Å². The number of hydrogen-bond acceptors (Lipinski definition) is 4. The van der Waals surface area contributed by atoms with Gasteiger partial charge in [-0.3, -0.25) is 4.90 Å². The van der Waals surface area contributed by atoms with Crippen molar-refractivity contribution < 1.29 is 17.9 Å². The third-order valence-electron chi connectivity index (χ3n) is 4.14. The lowest BCUT2D eigenvalue weighted by Gasteiger charge is -2.13. The molecule has 1 aliphatic rings. The smallest absolute Gasteiger partial charge is 0.414 e. The topological polar surface area (TPSA) is 75.7 Å². The van der Waals surface area contributed by atoms with Gasteiger partial charge in [-0.05, 0) is 42.3 Å². The number of benzene rings is 2. The standard InChI is InChI=1S/C18H19ClN2O4S/c1-2-13-6-8-17(9-7-13)26(23,24)20-11-16-12-21(18(22)25-16)15-5-3-4-14(19)10-15/h3-10,16,20H,2,11-12H2,1H3. The van der Waals surface area contributed by atoms with Crippen LogP contribution in [0.1, 0.15) is 12.5 Å². The summed E-state index contributed by atoms with van der Waals surface area (Å²) >= 11 is 5.95. The molecule has 1 fully saturated rings. The van der Waals surface area contributed by atoms with Gasteiger partial charge in [0.05, 0.1) is 11.4 Å². The second-order valence-corrected chi connectivity index (χ2v) is 8.15. The van der Waals surface area contributed by atoms with Gasteiger partial charge < -0.3 is 4.74 Å². The molecule has 0 radical (unpaired) electrons. The Bertz CT molecular complexity index is 900. The molecule has 6 nitrogen and oxygen atoms in total. The molecule has 0 bridgehead atoms. The summed E-state index contributed by atoms with van der Waals surface area (Å²) in [5.74, 6) is 0. The molecule has 1 heterocycles. The normalized spacial score (nSPS) is 17.4. The number of nitrogens with one attached hydrogen (secondary N) is 1. The van der Waals surface area contributed by atoms with Crippen LogP contribution in [0.25, 0.3) is 0 Å². The summed E-state index contributed by atoms with van der Waals surface area (Å²) in [6.07, 6.45) is -0.264. The summed E-state index contributed by atoms with van der Waals surface area (Å²) in [5, 5.41) is 0.509. The maximum atomic E-state index is 12.4. The van der Waals surface area contributed by atoms with Gasteiger partial charge in [0.15, 0.2) is 0 Å². The molecule has 26 heavy (non-hydrogen) atoms. The molecule has 1 atom stereocenters. The maximum absolute atomic E-state index is 12.4. The van der Waals surface area contributed by atoms with E-state index in [1.807, 2.05) is 6.92 Å². The Balaban J connectivity index is 1.63. The van der Waals surface area contributed by atoms with Crippen LogP contribution in [0.5, 0.6) is 0 Å². The van der Waals surface area contributed by atoms with Crippen molar-refractivity contribution in [1.82, 2.24) is 4.72 Å². The Labute approximate surface area is 157 Å². The molecule has 8 heteroatoms. The van der Waals surface area contributed by atoms with Gasteiger partial charge in [-0.1, -0.05) is 36.7 Å². The van der Waals surface area contributed by atoms with Crippen LogP contribution < -0.4 is 9.62 Å². The zero-order valence-electron chi connectivity index (χ0n) is 14.2. The lowest BCUT2D eigenvalue weighted by atomic mass is 10.2. The number of hydrogen-bond donors (Lipinski definition) is 1. The van der Waals surface area contributed by atoms with E-state index in [2.05, 4.69) is 4.72 Å². The molecule has 0 aliphatic carbocycles. The highest BCUT2D eigenvalue weighted by molar-refractivity contribution is 7.89. The summed E-state index contributed by atoms with van der Waals surface area (Å²) in [6.45, 7) is 2.25. The molecule has 0 spiro atoms. The minimum absolute atomic E-state index is 0.000663. The number of ether oxygens (including phenoxy) is 1. The average Bonchev–Trinajstić information content (AvgIpc) is 3.01. The Morgan fingerprint density at radius 1 is 1.23 bits per heavy atom. The second kappa shape index (κ2) is 7.65. The first-order chi connectivity index (χ1) is 12.4. The van der Waals surface area contributed by atoms with Gasteiger partial charge in [-0.15, -0.1) is 0 Å². The minimum atomic E-state index is -3.66. The first-order valence-electron chi connectivity index (χ1n) is 8.21. The number of rotatable bonds is 6. The molecule has 1 aliphatic heterocycles. The summed E-state index contributed by atoms with van der Waals surface area (Å²) in [7, 11) is -3.66. The monoisotopic (exact) mass is 394 g/mol. The van der Waals surface area contributed by atoms with Gasteiger partial charge in [0.1, 0.15) is 6.10 Å². The van der Waals surface area contributed by atoms with Crippen molar-refractivity contribution in [3.63, 3.8) is 0 Å².